The average Bonchev–Trinajstić information content (AvgIpc) is 3.26. The van der Waals surface area contributed by atoms with Gasteiger partial charge in [-0.3, -0.25) is 9.59 Å². The van der Waals surface area contributed by atoms with Gasteiger partial charge in [-0.25, -0.2) is 0 Å². The van der Waals surface area contributed by atoms with Crippen LogP contribution in [-0.2, 0) is 14.3 Å². The molecule has 0 heterocycles. The molecule has 3 N–H and O–H groups in total. The number of hydrogen-bond donors (Lipinski definition) is 3. The number of ether oxygens (including phenoxy) is 1. The Morgan fingerprint density at radius 1 is 0.468 bits per heavy atom. The quantitative estimate of drug-likeness (QED) is 0.0322. The highest BCUT2D eigenvalue weighted by Gasteiger charge is 2.24. The molecule has 0 aliphatic rings. The molecular weight excluding hydrogens is 767 g/mol. The van der Waals surface area contributed by atoms with E-state index < -0.39 is 18.2 Å². The summed E-state index contributed by atoms with van der Waals surface area (Å²) >= 11 is 0. The van der Waals surface area contributed by atoms with E-state index in [2.05, 4.69) is 74.7 Å². The van der Waals surface area contributed by atoms with Gasteiger partial charge in [0.05, 0.1) is 25.2 Å². The minimum Gasteiger partial charge on any atom is -0.462 e. The monoisotopic (exact) mass is 870 g/mol. The maximum Gasteiger partial charge on any atom is 0.306 e. The first-order valence-corrected chi connectivity index (χ1v) is 26.9. The van der Waals surface area contributed by atoms with Crippen molar-refractivity contribution in [2.24, 2.45) is 0 Å². The number of rotatable bonds is 48. The first-order chi connectivity index (χ1) is 30.5. The van der Waals surface area contributed by atoms with E-state index in [-0.39, 0.29) is 24.9 Å². The number of unbranched alkanes of at least 4 members (excludes halogenated alkanes) is 28. The second-order valence-electron chi connectivity index (χ2n) is 18.3. The van der Waals surface area contributed by atoms with E-state index >= 15 is 0 Å². The molecule has 0 aliphatic heterocycles. The summed E-state index contributed by atoms with van der Waals surface area (Å²) in [7, 11) is 0. The fourth-order valence-corrected chi connectivity index (χ4v) is 8.02. The second kappa shape index (κ2) is 49.8. The average molecular weight is 870 g/mol. The number of carbonyl (C=O) groups excluding carboxylic acids is 2. The van der Waals surface area contributed by atoms with Crippen LogP contribution in [0.2, 0.25) is 0 Å². The molecule has 0 spiro atoms. The van der Waals surface area contributed by atoms with Crippen molar-refractivity contribution in [3.8, 4) is 0 Å². The number of allylic oxidation sites excluding steroid dienone is 8. The summed E-state index contributed by atoms with van der Waals surface area (Å²) in [5.41, 5.74) is 0. The Kier molecular flexibility index (Phi) is 48.1. The van der Waals surface area contributed by atoms with Gasteiger partial charge < -0.3 is 20.3 Å². The molecule has 0 radical (unpaired) electrons. The third kappa shape index (κ3) is 44.4. The lowest BCUT2D eigenvalue weighted by Crippen LogP contribution is -2.46. The van der Waals surface area contributed by atoms with Crippen LogP contribution in [0.4, 0.5) is 0 Å². The van der Waals surface area contributed by atoms with Gasteiger partial charge in [-0.15, -0.1) is 0 Å². The van der Waals surface area contributed by atoms with Gasteiger partial charge in [-0.2, -0.15) is 0 Å². The molecule has 362 valence electrons. The lowest BCUT2D eigenvalue weighted by atomic mass is 10.0. The molecule has 0 aromatic heterocycles. The molecular formula is C56H103NO5. The van der Waals surface area contributed by atoms with E-state index in [0.717, 1.165) is 96.3 Å². The molecule has 0 aromatic carbocycles. The Hall–Kier alpha value is -2.18. The normalized spacial score (nSPS) is 13.6. The summed E-state index contributed by atoms with van der Waals surface area (Å²) in [6.45, 7) is 6.45. The minimum atomic E-state index is -0.795. The van der Waals surface area contributed by atoms with Crippen LogP contribution in [-0.4, -0.2) is 46.9 Å². The van der Waals surface area contributed by atoms with E-state index in [0.29, 0.717) is 19.3 Å². The molecule has 6 nitrogen and oxygen atoms in total. The third-order valence-corrected chi connectivity index (χ3v) is 12.1. The van der Waals surface area contributed by atoms with Gasteiger partial charge in [0.2, 0.25) is 5.91 Å². The summed E-state index contributed by atoms with van der Waals surface area (Å²) in [6.07, 6.45) is 60.2. The van der Waals surface area contributed by atoms with Crippen LogP contribution >= 0.6 is 0 Å². The van der Waals surface area contributed by atoms with Crippen molar-refractivity contribution in [1.29, 1.82) is 0 Å². The smallest absolute Gasteiger partial charge is 0.306 e. The van der Waals surface area contributed by atoms with Gasteiger partial charge in [-0.1, -0.05) is 217 Å². The van der Waals surface area contributed by atoms with Crippen molar-refractivity contribution < 1.29 is 24.5 Å². The topological polar surface area (TPSA) is 95.9 Å². The van der Waals surface area contributed by atoms with E-state index in [1.807, 2.05) is 0 Å². The zero-order valence-corrected chi connectivity index (χ0v) is 41.3. The number of aliphatic hydroxyl groups excluding tert-OH is 2. The molecule has 0 aromatic rings. The maximum absolute atomic E-state index is 13.2. The van der Waals surface area contributed by atoms with Gasteiger partial charge in [0, 0.05) is 6.42 Å². The number of amides is 1. The number of hydrogen-bond acceptors (Lipinski definition) is 5. The summed E-state index contributed by atoms with van der Waals surface area (Å²) < 4.78 is 5.93. The molecule has 6 heteroatoms. The van der Waals surface area contributed by atoms with Crippen LogP contribution in [0.3, 0.4) is 0 Å². The highest BCUT2D eigenvalue weighted by Crippen LogP contribution is 2.17. The van der Waals surface area contributed by atoms with Crippen LogP contribution in [0.5, 0.6) is 0 Å². The standard InChI is InChI=1S/C56H103NO5/c1-4-7-10-13-16-19-22-25-27-28-29-31-34-37-40-43-46-49-56(61)62-52(47-44-41-38-35-32-30-26-23-20-17-14-11-8-5-2)50-55(60)57-53(51-58)54(59)48-45-42-39-36-33-24-21-18-15-12-9-6-3/h16,19,25,27,29-32,52-54,58-59H,4-15,17-18,20-24,26,28,33-51H2,1-3H3,(H,57,60)/b19-16-,27-25-,31-29-,32-30+. The SMILES string of the molecule is CCCCC/C=C\C/C=C\C/C=C\CCCCCCC(=O)OC(CCCCC/C=C/CCCCCCCCC)CC(=O)NC(CO)C(O)CCCCCCCCCCCCCC. The van der Waals surface area contributed by atoms with Crippen molar-refractivity contribution in [2.45, 2.75) is 289 Å². The molecule has 0 bridgehead atoms. The number of nitrogens with one attached hydrogen (secondary N) is 1. The fraction of sp³-hybridized carbons (Fsp3) is 0.821. The predicted molar refractivity (Wildman–Crippen MR) is 269 cm³/mol. The van der Waals surface area contributed by atoms with Crippen molar-refractivity contribution in [3.05, 3.63) is 48.6 Å². The molecule has 3 unspecified atom stereocenters. The Morgan fingerprint density at radius 2 is 0.823 bits per heavy atom. The van der Waals surface area contributed by atoms with Gasteiger partial charge in [0.1, 0.15) is 6.10 Å². The molecule has 0 fully saturated rings. The lowest BCUT2D eigenvalue weighted by Gasteiger charge is -2.24. The zero-order valence-electron chi connectivity index (χ0n) is 41.3. The number of esters is 1. The van der Waals surface area contributed by atoms with Gasteiger partial charge in [0.25, 0.3) is 0 Å². The molecule has 0 saturated carbocycles. The third-order valence-electron chi connectivity index (χ3n) is 12.1. The Bertz CT molecular complexity index is 1070. The van der Waals surface area contributed by atoms with Crippen molar-refractivity contribution in [1.82, 2.24) is 5.32 Å². The molecule has 0 aliphatic carbocycles. The van der Waals surface area contributed by atoms with Gasteiger partial charge in [-0.05, 0) is 89.9 Å². The Labute approximate surface area is 385 Å². The van der Waals surface area contributed by atoms with Gasteiger partial charge >= 0.3 is 5.97 Å². The van der Waals surface area contributed by atoms with E-state index in [4.69, 9.17) is 4.74 Å². The molecule has 0 rings (SSSR count). The van der Waals surface area contributed by atoms with E-state index in [1.165, 1.54) is 128 Å². The molecule has 62 heavy (non-hydrogen) atoms. The summed E-state index contributed by atoms with van der Waals surface area (Å²) in [4.78, 5) is 26.2. The van der Waals surface area contributed by atoms with Crippen LogP contribution in [0.15, 0.2) is 48.6 Å². The number of aliphatic hydroxyl groups is 2. The Balaban J connectivity index is 4.63. The molecule has 3 atom stereocenters. The zero-order chi connectivity index (χ0) is 45.2. The molecule has 0 saturated heterocycles. The van der Waals surface area contributed by atoms with Crippen molar-refractivity contribution >= 4 is 11.9 Å². The second-order valence-corrected chi connectivity index (χ2v) is 18.3. The summed E-state index contributed by atoms with van der Waals surface area (Å²) in [5.74, 6) is -0.508. The number of carbonyl (C=O) groups is 2. The minimum absolute atomic E-state index is 0.0587. The van der Waals surface area contributed by atoms with Crippen LogP contribution in [0.25, 0.3) is 0 Å². The predicted octanol–water partition coefficient (Wildman–Crippen LogP) is 16.2. The molecule has 1 amide bonds. The van der Waals surface area contributed by atoms with Crippen molar-refractivity contribution in [3.63, 3.8) is 0 Å². The van der Waals surface area contributed by atoms with Crippen LogP contribution in [0.1, 0.15) is 271 Å². The van der Waals surface area contributed by atoms with E-state index in [9.17, 15) is 19.8 Å². The summed E-state index contributed by atoms with van der Waals surface area (Å²) in [6, 6.07) is -0.710. The Morgan fingerprint density at radius 3 is 1.31 bits per heavy atom. The highest BCUT2D eigenvalue weighted by atomic mass is 16.5. The summed E-state index contributed by atoms with van der Waals surface area (Å²) in [5, 5.41) is 23.8. The fourth-order valence-electron chi connectivity index (χ4n) is 8.02. The van der Waals surface area contributed by atoms with Crippen LogP contribution < -0.4 is 5.32 Å². The first-order valence-electron chi connectivity index (χ1n) is 26.9. The van der Waals surface area contributed by atoms with E-state index in [1.54, 1.807) is 0 Å². The van der Waals surface area contributed by atoms with Gasteiger partial charge in [0.15, 0.2) is 0 Å². The van der Waals surface area contributed by atoms with Crippen molar-refractivity contribution in [2.75, 3.05) is 6.61 Å². The van der Waals surface area contributed by atoms with Crippen LogP contribution in [0, 0.1) is 0 Å². The largest absolute Gasteiger partial charge is 0.462 e. The lowest BCUT2D eigenvalue weighted by molar-refractivity contribution is -0.151. The first kappa shape index (κ1) is 59.8. The highest BCUT2D eigenvalue weighted by molar-refractivity contribution is 5.77. The maximum atomic E-state index is 13.2.